The molecule has 25 heavy (non-hydrogen) atoms. The van der Waals surface area contributed by atoms with Gasteiger partial charge in [-0.2, -0.15) is 0 Å². The first-order valence-electron chi connectivity index (χ1n) is 8.41. The van der Waals surface area contributed by atoms with Crippen molar-refractivity contribution in [1.29, 1.82) is 0 Å². The molecule has 1 aliphatic rings. The SMILES string of the molecule is Cc1cc(C=Cc2ccccc2OCC(=O)N2CCN(C)CC2)on1. The molecule has 2 heterocycles. The minimum absolute atomic E-state index is 0.0257. The number of hydrogen-bond donors (Lipinski definition) is 0. The third-order valence-electron chi connectivity index (χ3n) is 4.20. The molecule has 1 fully saturated rings. The molecular weight excluding hydrogens is 318 g/mol. The Hall–Kier alpha value is -2.60. The summed E-state index contributed by atoms with van der Waals surface area (Å²) in [6.45, 7) is 5.25. The second kappa shape index (κ2) is 7.98. The van der Waals surface area contributed by atoms with Crippen molar-refractivity contribution in [3.8, 4) is 5.75 Å². The summed E-state index contributed by atoms with van der Waals surface area (Å²) in [5.41, 5.74) is 1.73. The highest BCUT2D eigenvalue weighted by atomic mass is 16.5. The monoisotopic (exact) mass is 341 g/mol. The fourth-order valence-electron chi connectivity index (χ4n) is 2.67. The van der Waals surface area contributed by atoms with Crippen LogP contribution in [0.15, 0.2) is 34.9 Å². The molecule has 1 aliphatic heterocycles. The van der Waals surface area contributed by atoms with Crippen LogP contribution in [0, 0.1) is 6.92 Å². The number of para-hydroxylation sites is 1. The molecule has 0 radical (unpaired) electrons. The topological polar surface area (TPSA) is 58.8 Å². The summed E-state index contributed by atoms with van der Waals surface area (Å²) in [6.07, 6.45) is 3.74. The molecule has 0 atom stereocenters. The first-order valence-corrected chi connectivity index (χ1v) is 8.41. The Bertz CT molecular complexity index is 746. The minimum Gasteiger partial charge on any atom is -0.483 e. The number of benzene rings is 1. The van der Waals surface area contributed by atoms with Crippen LogP contribution in [-0.4, -0.2) is 60.7 Å². The van der Waals surface area contributed by atoms with E-state index in [-0.39, 0.29) is 12.5 Å². The lowest BCUT2D eigenvalue weighted by molar-refractivity contribution is -0.134. The number of likely N-dealkylation sites (N-methyl/N-ethyl adjacent to an activating group) is 1. The number of carbonyl (C=O) groups is 1. The lowest BCUT2D eigenvalue weighted by Gasteiger charge is -2.32. The summed E-state index contributed by atoms with van der Waals surface area (Å²) < 4.78 is 10.9. The third kappa shape index (κ3) is 4.70. The average molecular weight is 341 g/mol. The Balaban J connectivity index is 1.61. The smallest absolute Gasteiger partial charge is 0.260 e. The summed E-state index contributed by atoms with van der Waals surface area (Å²) in [5, 5.41) is 3.86. The highest BCUT2D eigenvalue weighted by Crippen LogP contribution is 2.21. The van der Waals surface area contributed by atoms with Crippen LogP contribution in [0.5, 0.6) is 5.75 Å². The van der Waals surface area contributed by atoms with Crippen molar-refractivity contribution in [3.05, 3.63) is 47.3 Å². The van der Waals surface area contributed by atoms with Crippen molar-refractivity contribution in [2.75, 3.05) is 39.8 Å². The molecule has 132 valence electrons. The molecule has 6 heteroatoms. The number of rotatable bonds is 5. The van der Waals surface area contributed by atoms with Gasteiger partial charge in [0.15, 0.2) is 12.4 Å². The molecule has 1 saturated heterocycles. The summed E-state index contributed by atoms with van der Waals surface area (Å²) in [5.74, 6) is 1.39. The molecule has 3 rings (SSSR count). The van der Waals surface area contributed by atoms with Crippen LogP contribution in [0.1, 0.15) is 17.0 Å². The Morgan fingerprint density at radius 3 is 2.72 bits per heavy atom. The maximum absolute atomic E-state index is 12.3. The summed E-state index contributed by atoms with van der Waals surface area (Å²) in [6, 6.07) is 9.49. The number of hydrogen-bond acceptors (Lipinski definition) is 5. The maximum atomic E-state index is 12.3. The molecule has 6 nitrogen and oxygen atoms in total. The number of amides is 1. The second-order valence-corrected chi connectivity index (χ2v) is 6.21. The van der Waals surface area contributed by atoms with Gasteiger partial charge in [-0.25, -0.2) is 0 Å². The second-order valence-electron chi connectivity index (χ2n) is 6.21. The van der Waals surface area contributed by atoms with E-state index in [9.17, 15) is 4.79 Å². The zero-order valence-electron chi connectivity index (χ0n) is 14.6. The van der Waals surface area contributed by atoms with E-state index in [1.807, 2.05) is 54.3 Å². The molecule has 0 aliphatic carbocycles. The van der Waals surface area contributed by atoms with Gasteiger partial charge in [-0.1, -0.05) is 23.4 Å². The molecular formula is C19H23N3O3. The fourth-order valence-corrected chi connectivity index (χ4v) is 2.67. The first kappa shape index (κ1) is 17.2. The third-order valence-corrected chi connectivity index (χ3v) is 4.20. The predicted octanol–water partition coefficient (Wildman–Crippen LogP) is 2.31. The highest BCUT2D eigenvalue weighted by molar-refractivity contribution is 5.78. The molecule has 0 unspecified atom stereocenters. The van der Waals surface area contributed by atoms with Gasteiger partial charge in [0.1, 0.15) is 5.75 Å². The van der Waals surface area contributed by atoms with Crippen LogP contribution in [-0.2, 0) is 4.79 Å². The van der Waals surface area contributed by atoms with Gasteiger partial charge in [-0.3, -0.25) is 4.79 Å². The molecule has 1 amide bonds. The molecule has 1 aromatic heterocycles. The molecule has 2 aromatic rings. The summed E-state index contributed by atoms with van der Waals surface area (Å²) in [7, 11) is 2.07. The Morgan fingerprint density at radius 1 is 1.24 bits per heavy atom. The van der Waals surface area contributed by atoms with Crippen LogP contribution < -0.4 is 4.74 Å². The van der Waals surface area contributed by atoms with Gasteiger partial charge in [0.05, 0.1) is 5.69 Å². The van der Waals surface area contributed by atoms with E-state index >= 15 is 0 Å². The number of aromatic nitrogens is 1. The number of ether oxygens (including phenoxy) is 1. The average Bonchev–Trinajstić information content (AvgIpc) is 3.04. The lowest BCUT2D eigenvalue weighted by atomic mass is 10.2. The van der Waals surface area contributed by atoms with Gasteiger partial charge in [0.25, 0.3) is 5.91 Å². The van der Waals surface area contributed by atoms with E-state index in [2.05, 4.69) is 17.1 Å². The Labute approximate surface area is 147 Å². The Kier molecular flexibility index (Phi) is 5.50. The van der Waals surface area contributed by atoms with Crippen molar-refractivity contribution in [2.45, 2.75) is 6.92 Å². The van der Waals surface area contributed by atoms with Crippen molar-refractivity contribution in [3.63, 3.8) is 0 Å². The quantitative estimate of drug-likeness (QED) is 0.835. The van der Waals surface area contributed by atoms with Gasteiger partial charge < -0.3 is 19.1 Å². The lowest BCUT2D eigenvalue weighted by Crippen LogP contribution is -2.48. The number of aryl methyl sites for hydroxylation is 1. The normalized spacial score (nSPS) is 15.7. The van der Waals surface area contributed by atoms with Gasteiger partial charge in [-0.15, -0.1) is 0 Å². The first-order chi connectivity index (χ1) is 12.1. The largest absolute Gasteiger partial charge is 0.483 e. The van der Waals surface area contributed by atoms with Crippen LogP contribution >= 0.6 is 0 Å². The van der Waals surface area contributed by atoms with E-state index in [0.717, 1.165) is 37.4 Å². The van der Waals surface area contributed by atoms with Crippen molar-refractivity contribution < 1.29 is 14.1 Å². The van der Waals surface area contributed by atoms with E-state index in [1.165, 1.54) is 0 Å². The van der Waals surface area contributed by atoms with E-state index in [4.69, 9.17) is 9.26 Å². The van der Waals surface area contributed by atoms with E-state index < -0.39 is 0 Å². The molecule has 0 spiro atoms. The molecule has 0 bridgehead atoms. The number of piperazine rings is 1. The van der Waals surface area contributed by atoms with Crippen molar-refractivity contribution >= 4 is 18.1 Å². The van der Waals surface area contributed by atoms with Gasteiger partial charge >= 0.3 is 0 Å². The molecule has 1 aromatic carbocycles. The van der Waals surface area contributed by atoms with E-state index in [1.54, 1.807) is 0 Å². The van der Waals surface area contributed by atoms with Crippen LogP contribution in [0.25, 0.3) is 12.2 Å². The van der Waals surface area contributed by atoms with Crippen LogP contribution in [0.4, 0.5) is 0 Å². The Morgan fingerprint density at radius 2 is 2.00 bits per heavy atom. The van der Waals surface area contributed by atoms with Gasteiger partial charge in [0.2, 0.25) is 0 Å². The standard InChI is InChI=1S/C19H23N3O3/c1-15-13-17(25-20-15)8-7-16-5-3-4-6-18(16)24-14-19(23)22-11-9-21(2)10-12-22/h3-8,13H,9-12,14H2,1-2H3. The number of carbonyl (C=O) groups excluding carboxylic acids is 1. The van der Waals surface area contributed by atoms with Crippen LogP contribution in [0.2, 0.25) is 0 Å². The zero-order valence-corrected chi connectivity index (χ0v) is 14.6. The van der Waals surface area contributed by atoms with E-state index in [0.29, 0.717) is 11.5 Å². The number of nitrogens with zero attached hydrogens (tertiary/aromatic N) is 3. The summed E-state index contributed by atoms with van der Waals surface area (Å²) in [4.78, 5) is 16.4. The molecule has 0 saturated carbocycles. The maximum Gasteiger partial charge on any atom is 0.260 e. The van der Waals surface area contributed by atoms with Gasteiger partial charge in [-0.05, 0) is 32.2 Å². The zero-order chi connectivity index (χ0) is 17.6. The minimum atomic E-state index is 0.0257. The van der Waals surface area contributed by atoms with Crippen molar-refractivity contribution in [1.82, 2.24) is 15.0 Å². The highest BCUT2D eigenvalue weighted by Gasteiger charge is 2.19. The van der Waals surface area contributed by atoms with Crippen molar-refractivity contribution in [2.24, 2.45) is 0 Å². The predicted molar refractivity (Wildman–Crippen MR) is 96.2 cm³/mol. The fraction of sp³-hybridized carbons (Fsp3) is 0.368. The van der Waals surface area contributed by atoms with Crippen LogP contribution in [0.3, 0.4) is 0 Å². The summed E-state index contributed by atoms with van der Waals surface area (Å²) >= 11 is 0. The molecule has 0 N–H and O–H groups in total. The van der Waals surface area contributed by atoms with Gasteiger partial charge in [0, 0.05) is 37.8 Å².